The summed E-state index contributed by atoms with van der Waals surface area (Å²) in [4.78, 5) is 12.9. The first-order valence-electron chi connectivity index (χ1n) is 9.10. The predicted octanol–water partition coefficient (Wildman–Crippen LogP) is 3.67. The van der Waals surface area contributed by atoms with Gasteiger partial charge in [-0.1, -0.05) is 12.1 Å². The van der Waals surface area contributed by atoms with Gasteiger partial charge in [-0.3, -0.25) is 9.48 Å². The average Bonchev–Trinajstić information content (AvgIpc) is 3.14. The SMILES string of the molecule is Cc1cc(C)n(C(CNC(=O)C2(c3ccc(F)cc3)CC2)c2ccco2)n1. The number of rotatable bonds is 6. The van der Waals surface area contributed by atoms with Crippen LogP contribution in [0.2, 0.25) is 0 Å². The lowest BCUT2D eigenvalue weighted by Crippen LogP contribution is -2.38. The van der Waals surface area contributed by atoms with Crippen LogP contribution in [0.25, 0.3) is 0 Å². The van der Waals surface area contributed by atoms with E-state index in [1.165, 1.54) is 12.1 Å². The van der Waals surface area contributed by atoms with Crippen molar-refractivity contribution in [3.05, 3.63) is 77.3 Å². The minimum absolute atomic E-state index is 0.0350. The van der Waals surface area contributed by atoms with Crippen LogP contribution in [-0.2, 0) is 10.2 Å². The van der Waals surface area contributed by atoms with Gasteiger partial charge >= 0.3 is 0 Å². The van der Waals surface area contributed by atoms with E-state index < -0.39 is 5.41 Å². The highest BCUT2D eigenvalue weighted by Gasteiger charge is 2.51. The van der Waals surface area contributed by atoms with E-state index in [1.54, 1.807) is 18.4 Å². The van der Waals surface area contributed by atoms with Gasteiger partial charge in [0, 0.05) is 12.2 Å². The van der Waals surface area contributed by atoms with Crippen molar-refractivity contribution in [2.75, 3.05) is 6.54 Å². The predicted molar refractivity (Wildman–Crippen MR) is 98.9 cm³/mol. The second-order valence-corrected chi connectivity index (χ2v) is 7.20. The largest absolute Gasteiger partial charge is 0.467 e. The highest BCUT2D eigenvalue weighted by molar-refractivity contribution is 5.91. The van der Waals surface area contributed by atoms with Gasteiger partial charge in [0.25, 0.3) is 0 Å². The quantitative estimate of drug-likeness (QED) is 0.723. The highest BCUT2D eigenvalue weighted by atomic mass is 19.1. The smallest absolute Gasteiger partial charge is 0.230 e. The molecule has 1 aliphatic carbocycles. The molecule has 2 aromatic heterocycles. The second kappa shape index (κ2) is 6.68. The minimum atomic E-state index is -0.545. The molecule has 4 rings (SSSR count). The van der Waals surface area contributed by atoms with Gasteiger partial charge in [0.1, 0.15) is 17.6 Å². The number of carbonyl (C=O) groups excluding carboxylic acids is 1. The van der Waals surface area contributed by atoms with Crippen molar-refractivity contribution in [2.45, 2.75) is 38.1 Å². The van der Waals surface area contributed by atoms with Crippen LogP contribution in [0.4, 0.5) is 4.39 Å². The first-order chi connectivity index (χ1) is 13.0. The minimum Gasteiger partial charge on any atom is -0.467 e. The molecule has 2 heterocycles. The Hall–Kier alpha value is -2.89. The number of hydrogen-bond donors (Lipinski definition) is 1. The first-order valence-corrected chi connectivity index (χ1v) is 9.10. The maximum Gasteiger partial charge on any atom is 0.230 e. The molecule has 0 spiro atoms. The Labute approximate surface area is 157 Å². The van der Waals surface area contributed by atoms with E-state index in [1.807, 2.05) is 36.7 Å². The van der Waals surface area contributed by atoms with Crippen molar-refractivity contribution >= 4 is 5.91 Å². The lowest BCUT2D eigenvalue weighted by atomic mass is 9.95. The first kappa shape index (κ1) is 17.5. The summed E-state index contributed by atoms with van der Waals surface area (Å²) in [5.74, 6) is 0.415. The lowest BCUT2D eigenvalue weighted by Gasteiger charge is -2.21. The molecule has 1 amide bonds. The number of nitrogens with zero attached hydrogens (tertiary/aromatic N) is 2. The topological polar surface area (TPSA) is 60.1 Å². The Balaban J connectivity index is 1.54. The maximum atomic E-state index is 13.2. The molecule has 1 fully saturated rings. The third-order valence-corrected chi connectivity index (χ3v) is 5.25. The van der Waals surface area contributed by atoms with E-state index in [9.17, 15) is 9.18 Å². The van der Waals surface area contributed by atoms with Gasteiger partial charge in [0.15, 0.2) is 0 Å². The van der Waals surface area contributed by atoms with E-state index in [-0.39, 0.29) is 17.8 Å². The molecule has 0 aliphatic heterocycles. The van der Waals surface area contributed by atoms with E-state index in [2.05, 4.69) is 10.4 Å². The number of halogens is 1. The summed E-state index contributed by atoms with van der Waals surface area (Å²) in [6, 6.07) is 11.7. The molecule has 5 nitrogen and oxygen atoms in total. The molecule has 1 aromatic carbocycles. The van der Waals surface area contributed by atoms with Gasteiger partial charge in [-0.25, -0.2) is 4.39 Å². The van der Waals surface area contributed by atoms with Gasteiger partial charge in [-0.15, -0.1) is 0 Å². The van der Waals surface area contributed by atoms with Crippen LogP contribution >= 0.6 is 0 Å². The van der Waals surface area contributed by atoms with Crippen molar-refractivity contribution in [2.24, 2.45) is 0 Å². The van der Waals surface area contributed by atoms with Crippen LogP contribution in [0.1, 0.15) is 41.6 Å². The fourth-order valence-corrected chi connectivity index (χ4v) is 3.65. The van der Waals surface area contributed by atoms with Crippen molar-refractivity contribution in [3.8, 4) is 0 Å². The molecule has 6 heteroatoms. The molecule has 0 radical (unpaired) electrons. The Kier molecular flexibility index (Phi) is 4.34. The fraction of sp³-hybridized carbons (Fsp3) is 0.333. The zero-order valence-corrected chi connectivity index (χ0v) is 15.4. The standard InChI is InChI=1S/C21H22FN3O2/c1-14-12-15(2)25(24-14)18(19-4-3-11-27-19)13-23-20(26)21(9-10-21)16-5-7-17(22)8-6-16/h3-8,11-12,18H,9-10,13H2,1-2H3,(H,23,26). The Bertz CT molecular complexity index is 940. The number of nitrogens with one attached hydrogen (secondary N) is 1. The van der Waals surface area contributed by atoms with E-state index in [0.717, 1.165) is 35.6 Å². The molecule has 140 valence electrons. The van der Waals surface area contributed by atoms with Crippen LogP contribution in [0, 0.1) is 19.7 Å². The van der Waals surface area contributed by atoms with Crippen molar-refractivity contribution < 1.29 is 13.6 Å². The summed E-state index contributed by atoms with van der Waals surface area (Å²) in [6.07, 6.45) is 3.17. The summed E-state index contributed by atoms with van der Waals surface area (Å²) in [5.41, 5.74) is 2.24. The van der Waals surface area contributed by atoms with Crippen molar-refractivity contribution in [1.29, 1.82) is 0 Å². The normalized spacial score (nSPS) is 16.1. The zero-order chi connectivity index (χ0) is 19.0. The second-order valence-electron chi connectivity index (χ2n) is 7.20. The molecule has 0 bridgehead atoms. The number of furan rings is 1. The van der Waals surface area contributed by atoms with Crippen LogP contribution in [-0.4, -0.2) is 22.2 Å². The van der Waals surface area contributed by atoms with Crippen LogP contribution in [0.5, 0.6) is 0 Å². The molecule has 1 N–H and O–H groups in total. The molecule has 3 aromatic rings. The summed E-state index contributed by atoms with van der Waals surface area (Å²) >= 11 is 0. The van der Waals surface area contributed by atoms with Crippen molar-refractivity contribution in [1.82, 2.24) is 15.1 Å². The monoisotopic (exact) mass is 367 g/mol. The van der Waals surface area contributed by atoms with Gasteiger partial charge < -0.3 is 9.73 Å². The zero-order valence-electron chi connectivity index (χ0n) is 15.4. The lowest BCUT2D eigenvalue weighted by molar-refractivity contribution is -0.123. The Morgan fingerprint density at radius 1 is 1.30 bits per heavy atom. The summed E-state index contributed by atoms with van der Waals surface area (Å²) < 4.78 is 20.7. The number of amides is 1. The van der Waals surface area contributed by atoms with Gasteiger partial charge in [0.05, 0.1) is 17.4 Å². The van der Waals surface area contributed by atoms with Gasteiger partial charge in [-0.2, -0.15) is 5.10 Å². The number of benzene rings is 1. The molecular formula is C21H22FN3O2. The number of aromatic nitrogens is 2. The van der Waals surface area contributed by atoms with E-state index in [4.69, 9.17) is 4.42 Å². The molecule has 1 saturated carbocycles. The Morgan fingerprint density at radius 2 is 2.04 bits per heavy atom. The van der Waals surface area contributed by atoms with Gasteiger partial charge in [0.2, 0.25) is 5.91 Å². The molecule has 1 aliphatic rings. The fourth-order valence-electron chi connectivity index (χ4n) is 3.65. The molecule has 0 saturated heterocycles. The molecule has 1 unspecified atom stereocenters. The Morgan fingerprint density at radius 3 is 2.59 bits per heavy atom. The van der Waals surface area contributed by atoms with Crippen LogP contribution in [0.3, 0.4) is 0 Å². The highest BCUT2D eigenvalue weighted by Crippen LogP contribution is 2.48. The average molecular weight is 367 g/mol. The van der Waals surface area contributed by atoms with Crippen LogP contribution < -0.4 is 5.32 Å². The molecule has 27 heavy (non-hydrogen) atoms. The van der Waals surface area contributed by atoms with E-state index >= 15 is 0 Å². The number of carbonyl (C=O) groups is 1. The third kappa shape index (κ3) is 3.27. The number of aryl methyl sites for hydroxylation is 2. The van der Waals surface area contributed by atoms with E-state index in [0.29, 0.717) is 6.54 Å². The number of hydrogen-bond acceptors (Lipinski definition) is 3. The van der Waals surface area contributed by atoms with Crippen LogP contribution in [0.15, 0.2) is 53.1 Å². The summed E-state index contributed by atoms with van der Waals surface area (Å²) in [6.45, 7) is 4.30. The summed E-state index contributed by atoms with van der Waals surface area (Å²) in [7, 11) is 0. The third-order valence-electron chi connectivity index (χ3n) is 5.25. The van der Waals surface area contributed by atoms with Gasteiger partial charge in [-0.05, 0) is 62.6 Å². The summed E-state index contributed by atoms with van der Waals surface area (Å²) in [5, 5.41) is 7.62. The molecule has 1 atom stereocenters. The maximum absolute atomic E-state index is 13.2. The molecular weight excluding hydrogens is 345 g/mol. The van der Waals surface area contributed by atoms with Crippen molar-refractivity contribution in [3.63, 3.8) is 0 Å².